The van der Waals surface area contributed by atoms with Gasteiger partial charge in [-0.1, -0.05) is 24.3 Å². The van der Waals surface area contributed by atoms with Crippen LogP contribution in [-0.4, -0.2) is 52.4 Å². The second-order valence-electron chi connectivity index (χ2n) is 6.89. The lowest BCUT2D eigenvalue weighted by molar-refractivity contribution is -0.140. The van der Waals surface area contributed by atoms with E-state index in [1.54, 1.807) is 19.2 Å². The lowest BCUT2D eigenvalue weighted by Crippen LogP contribution is -2.35. The SMILES string of the molecule is COC(=O)CCN(C)C(=O)c1cccc(S(=O)(=O)N2CCCc3ccccc32)c1. The molecule has 0 fully saturated rings. The third-order valence-corrected chi connectivity index (χ3v) is 6.77. The number of nitrogens with zero attached hydrogens (tertiary/aromatic N) is 2. The van der Waals surface area contributed by atoms with Crippen molar-refractivity contribution in [1.82, 2.24) is 4.90 Å². The highest BCUT2D eigenvalue weighted by atomic mass is 32.2. The maximum absolute atomic E-state index is 13.3. The average molecular weight is 416 g/mol. The van der Waals surface area contributed by atoms with Crippen LogP contribution in [0.25, 0.3) is 0 Å². The van der Waals surface area contributed by atoms with Crippen molar-refractivity contribution in [3.63, 3.8) is 0 Å². The lowest BCUT2D eigenvalue weighted by Gasteiger charge is -2.30. The molecule has 0 radical (unpaired) electrons. The van der Waals surface area contributed by atoms with E-state index in [2.05, 4.69) is 4.74 Å². The largest absolute Gasteiger partial charge is 0.469 e. The molecule has 0 saturated carbocycles. The van der Waals surface area contributed by atoms with Crippen LogP contribution in [0.5, 0.6) is 0 Å². The number of benzene rings is 2. The first-order valence-electron chi connectivity index (χ1n) is 9.37. The molecule has 2 aromatic rings. The molecule has 2 aromatic carbocycles. The number of hydrogen-bond donors (Lipinski definition) is 0. The molecule has 7 nitrogen and oxygen atoms in total. The van der Waals surface area contributed by atoms with Crippen molar-refractivity contribution < 1.29 is 22.7 Å². The molecule has 0 N–H and O–H groups in total. The number of sulfonamides is 1. The van der Waals surface area contributed by atoms with Crippen molar-refractivity contribution in [2.24, 2.45) is 0 Å². The molecule has 1 aliphatic heterocycles. The number of aryl methyl sites for hydroxylation is 1. The van der Waals surface area contributed by atoms with Crippen molar-refractivity contribution in [2.45, 2.75) is 24.2 Å². The van der Waals surface area contributed by atoms with Gasteiger partial charge in [-0.15, -0.1) is 0 Å². The first kappa shape index (κ1) is 20.9. The van der Waals surface area contributed by atoms with Gasteiger partial charge in [0.25, 0.3) is 15.9 Å². The first-order valence-corrected chi connectivity index (χ1v) is 10.8. The Labute approximate surface area is 170 Å². The Hall–Kier alpha value is -2.87. The molecule has 0 saturated heterocycles. The summed E-state index contributed by atoms with van der Waals surface area (Å²) in [7, 11) is -0.947. The molecule has 0 spiro atoms. The summed E-state index contributed by atoms with van der Waals surface area (Å²) in [6.45, 7) is 0.582. The second kappa shape index (κ2) is 8.65. The Morgan fingerprint density at radius 1 is 1.14 bits per heavy atom. The van der Waals surface area contributed by atoms with Gasteiger partial charge < -0.3 is 9.64 Å². The smallest absolute Gasteiger partial charge is 0.307 e. The summed E-state index contributed by atoms with van der Waals surface area (Å²) in [6.07, 6.45) is 1.65. The summed E-state index contributed by atoms with van der Waals surface area (Å²) in [5.41, 5.74) is 1.94. The maximum Gasteiger partial charge on any atom is 0.307 e. The normalized spacial score (nSPS) is 13.5. The summed E-state index contributed by atoms with van der Waals surface area (Å²) in [4.78, 5) is 25.4. The number of amides is 1. The number of fused-ring (bicyclic) bond motifs is 1. The van der Waals surface area contributed by atoms with E-state index in [1.165, 1.54) is 28.4 Å². The Balaban J connectivity index is 1.85. The van der Waals surface area contributed by atoms with E-state index in [1.807, 2.05) is 24.3 Å². The van der Waals surface area contributed by atoms with E-state index in [-0.39, 0.29) is 29.3 Å². The fraction of sp³-hybridized carbons (Fsp3) is 0.333. The lowest BCUT2D eigenvalue weighted by atomic mass is 10.0. The van der Waals surface area contributed by atoms with Crippen molar-refractivity contribution in [3.8, 4) is 0 Å². The number of methoxy groups -OCH3 is 1. The molecular formula is C21H24N2O5S. The molecule has 29 heavy (non-hydrogen) atoms. The molecule has 1 amide bonds. The van der Waals surface area contributed by atoms with Gasteiger partial charge in [0.1, 0.15) is 0 Å². The summed E-state index contributed by atoms with van der Waals surface area (Å²) < 4.78 is 32.6. The Kier molecular flexibility index (Phi) is 6.22. The van der Waals surface area contributed by atoms with Crippen molar-refractivity contribution >= 4 is 27.6 Å². The highest BCUT2D eigenvalue weighted by Crippen LogP contribution is 2.32. The minimum Gasteiger partial charge on any atom is -0.469 e. The Bertz CT molecular complexity index is 1020. The van der Waals surface area contributed by atoms with Gasteiger partial charge in [-0.3, -0.25) is 13.9 Å². The van der Waals surface area contributed by atoms with Crippen LogP contribution in [-0.2, 0) is 26.0 Å². The fourth-order valence-corrected chi connectivity index (χ4v) is 4.94. The van der Waals surface area contributed by atoms with Gasteiger partial charge in [0.2, 0.25) is 0 Å². The third kappa shape index (κ3) is 4.42. The predicted octanol–water partition coefficient (Wildman–Crippen LogP) is 2.46. The minimum atomic E-state index is -3.80. The van der Waals surface area contributed by atoms with E-state index in [9.17, 15) is 18.0 Å². The number of carbonyl (C=O) groups excluding carboxylic acids is 2. The van der Waals surface area contributed by atoms with Gasteiger partial charge >= 0.3 is 5.97 Å². The number of ether oxygens (including phenoxy) is 1. The second-order valence-corrected chi connectivity index (χ2v) is 8.75. The van der Waals surface area contributed by atoms with Crippen molar-refractivity contribution in [2.75, 3.05) is 31.6 Å². The number of carbonyl (C=O) groups is 2. The number of anilines is 1. The van der Waals surface area contributed by atoms with Crippen molar-refractivity contribution in [3.05, 3.63) is 59.7 Å². The molecular weight excluding hydrogens is 392 g/mol. The van der Waals surface area contributed by atoms with Gasteiger partial charge in [-0.25, -0.2) is 8.42 Å². The van der Waals surface area contributed by atoms with E-state index in [0.29, 0.717) is 12.2 Å². The molecule has 1 aliphatic rings. The summed E-state index contributed by atoms with van der Waals surface area (Å²) >= 11 is 0. The summed E-state index contributed by atoms with van der Waals surface area (Å²) in [5, 5.41) is 0. The molecule has 8 heteroatoms. The third-order valence-electron chi connectivity index (χ3n) is 4.96. The Morgan fingerprint density at radius 2 is 1.90 bits per heavy atom. The van der Waals surface area contributed by atoms with E-state index in [0.717, 1.165) is 18.4 Å². The maximum atomic E-state index is 13.3. The summed E-state index contributed by atoms with van der Waals surface area (Å²) in [6, 6.07) is 13.5. The topological polar surface area (TPSA) is 84.0 Å². The monoisotopic (exact) mass is 416 g/mol. The van der Waals surface area contributed by atoms with Crippen LogP contribution in [0, 0.1) is 0 Å². The summed E-state index contributed by atoms with van der Waals surface area (Å²) in [5.74, 6) is -0.769. The predicted molar refractivity (Wildman–Crippen MR) is 109 cm³/mol. The van der Waals surface area contributed by atoms with E-state index < -0.39 is 16.0 Å². The standard InChI is InChI=1S/C21H24N2O5S/c1-22(14-12-20(24)28-2)21(25)17-8-5-10-18(15-17)29(26,27)23-13-6-9-16-7-3-4-11-19(16)23/h3-5,7-8,10-11,15H,6,9,12-14H2,1-2H3. The van der Waals surface area contributed by atoms with Gasteiger partial charge in [0, 0.05) is 25.7 Å². The van der Waals surface area contributed by atoms with Crippen LogP contribution in [0.1, 0.15) is 28.8 Å². The highest BCUT2D eigenvalue weighted by Gasteiger charge is 2.29. The molecule has 0 aromatic heterocycles. The van der Waals surface area contributed by atoms with E-state index >= 15 is 0 Å². The molecule has 0 atom stereocenters. The molecule has 1 heterocycles. The van der Waals surface area contributed by atoms with E-state index in [4.69, 9.17) is 0 Å². The van der Waals surface area contributed by atoms with Gasteiger partial charge in [0.05, 0.1) is 24.1 Å². The highest BCUT2D eigenvalue weighted by molar-refractivity contribution is 7.92. The van der Waals surface area contributed by atoms with Crippen LogP contribution >= 0.6 is 0 Å². The zero-order valence-corrected chi connectivity index (χ0v) is 17.3. The van der Waals surface area contributed by atoms with Gasteiger partial charge in [0.15, 0.2) is 0 Å². The molecule has 3 rings (SSSR count). The number of para-hydroxylation sites is 1. The van der Waals surface area contributed by atoms with Gasteiger partial charge in [-0.2, -0.15) is 0 Å². The number of rotatable bonds is 6. The number of hydrogen-bond acceptors (Lipinski definition) is 5. The zero-order valence-electron chi connectivity index (χ0n) is 16.5. The number of esters is 1. The zero-order chi connectivity index (χ0) is 21.0. The molecule has 0 aliphatic carbocycles. The molecule has 154 valence electrons. The van der Waals surface area contributed by atoms with Crippen molar-refractivity contribution in [1.29, 1.82) is 0 Å². The quantitative estimate of drug-likeness (QED) is 0.676. The first-order chi connectivity index (χ1) is 13.8. The van der Waals surface area contributed by atoms with Crippen LogP contribution in [0.3, 0.4) is 0 Å². The van der Waals surface area contributed by atoms with Crippen LogP contribution in [0.4, 0.5) is 5.69 Å². The minimum absolute atomic E-state index is 0.0707. The van der Waals surface area contributed by atoms with Crippen LogP contribution < -0.4 is 4.31 Å². The van der Waals surface area contributed by atoms with Crippen LogP contribution in [0.15, 0.2) is 53.4 Å². The van der Waals surface area contributed by atoms with Gasteiger partial charge in [-0.05, 0) is 42.7 Å². The average Bonchev–Trinajstić information content (AvgIpc) is 2.76. The molecule has 0 bridgehead atoms. The fourth-order valence-electron chi connectivity index (χ4n) is 3.35. The molecule has 0 unspecified atom stereocenters. The Morgan fingerprint density at radius 3 is 2.66 bits per heavy atom. The van der Waals surface area contributed by atoms with Crippen LogP contribution in [0.2, 0.25) is 0 Å².